The van der Waals surface area contributed by atoms with Crippen LogP contribution in [0.5, 0.6) is 0 Å². The lowest BCUT2D eigenvalue weighted by atomic mass is 10.0. The Hall–Kier alpha value is -1.32. The summed E-state index contributed by atoms with van der Waals surface area (Å²) in [5, 5.41) is 8.63. The average molecular weight is 167 g/mol. The molecule has 1 fully saturated rings. The number of aromatic nitrogens is 1. The SMILES string of the molecule is O=C(O)CC1(c2cnco2)CC1. The summed E-state index contributed by atoms with van der Waals surface area (Å²) in [4.78, 5) is 14.3. The van der Waals surface area contributed by atoms with Crippen molar-refractivity contribution in [2.75, 3.05) is 0 Å². The third-order valence-electron chi connectivity index (χ3n) is 2.30. The minimum atomic E-state index is -0.774. The van der Waals surface area contributed by atoms with Crippen LogP contribution in [0, 0.1) is 0 Å². The summed E-state index contributed by atoms with van der Waals surface area (Å²) in [6, 6.07) is 0. The Morgan fingerprint density at radius 1 is 1.75 bits per heavy atom. The Labute approximate surface area is 69.2 Å². The number of carboxylic acid groups (broad SMARTS) is 1. The van der Waals surface area contributed by atoms with Crippen LogP contribution < -0.4 is 0 Å². The van der Waals surface area contributed by atoms with E-state index in [0.717, 1.165) is 12.8 Å². The number of aliphatic carboxylic acids is 1. The molecule has 0 radical (unpaired) electrons. The number of nitrogens with zero attached hydrogens (tertiary/aromatic N) is 1. The molecule has 0 saturated heterocycles. The molecule has 1 N–H and O–H groups in total. The van der Waals surface area contributed by atoms with Crippen LogP contribution in [0.3, 0.4) is 0 Å². The molecule has 1 aliphatic rings. The van der Waals surface area contributed by atoms with Crippen LogP contribution in [0.1, 0.15) is 25.0 Å². The van der Waals surface area contributed by atoms with Gasteiger partial charge >= 0.3 is 5.97 Å². The molecule has 0 aliphatic heterocycles. The second-order valence-corrected chi connectivity index (χ2v) is 3.22. The van der Waals surface area contributed by atoms with Gasteiger partial charge in [0.25, 0.3) is 0 Å². The monoisotopic (exact) mass is 167 g/mol. The fourth-order valence-electron chi connectivity index (χ4n) is 1.43. The smallest absolute Gasteiger partial charge is 0.304 e. The van der Waals surface area contributed by atoms with Crippen molar-refractivity contribution in [1.82, 2.24) is 4.98 Å². The molecule has 2 rings (SSSR count). The summed E-state index contributed by atoms with van der Waals surface area (Å²) in [6.07, 6.45) is 4.90. The van der Waals surface area contributed by atoms with E-state index in [4.69, 9.17) is 9.52 Å². The van der Waals surface area contributed by atoms with Crippen molar-refractivity contribution in [3.8, 4) is 0 Å². The minimum absolute atomic E-state index is 0.155. The largest absolute Gasteiger partial charge is 0.481 e. The fourth-order valence-corrected chi connectivity index (χ4v) is 1.43. The molecule has 0 unspecified atom stereocenters. The van der Waals surface area contributed by atoms with E-state index in [1.807, 2.05) is 0 Å². The molecule has 12 heavy (non-hydrogen) atoms. The third-order valence-corrected chi connectivity index (χ3v) is 2.30. The number of rotatable bonds is 3. The lowest BCUT2D eigenvalue weighted by Gasteiger charge is -2.06. The summed E-state index contributed by atoms with van der Waals surface area (Å²) in [6.45, 7) is 0. The summed E-state index contributed by atoms with van der Waals surface area (Å²) in [7, 11) is 0. The molecule has 0 spiro atoms. The topological polar surface area (TPSA) is 63.3 Å². The van der Waals surface area contributed by atoms with E-state index in [1.165, 1.54) is 6.39 Å². The first-order chi connectivity index (χ1) is 5.73. The van der Waals surface area contributed by atoms with Crippen LogP contribution in [-0.2, 0) is 10.2 Å². The molecule has 0 atom stereocenters. The van der Waals surface area contributed by atoms with Crippen LogP contribution >= 0.6 is 0 Å². The normalized spacial score (nSPS) is 19.0. The Morgan fingerprint density at radius 3 is 2.92 bits per heavy atom. The first kappa shape index (κ1) is 7.34. The molecule has 4 nitrogen and oxygen atoms in total. The van der Waals surface area contributed by atoms with E-state index in [-0.39, 0.29) is 11.8 Å². The van der Waals surface area contributed by atoms with Crippen molar-refractivity contribution in [1.29, 1.82) is 0 Å². The zero-order valence-corrected chi connectivity index (χ0v) is 6.49. The molecule has 0 aromatic carbocycles. The quantitative estimate of drug-likeness (QED) is 0.734. The molecular formula is C8H9NO3. The van der Waals surface area contributed by atoms with Gasteiger partial charge in [0.1, 0.15) is 5.76 Å². The van der Waals surface area contributed by atoms with Crippen molar-refractivity contribution >= 4 is 5.97 Å². The second kappa shape index (κ2) is 2.33. The van der Waals surface area contributed by atoms with Crippen LogP contribution in [-0.4, -0.2) is 16.1 Å². The number of hydrogen-bond donors (Lipinski definition) is 1. The van der Waals surface area contributed by atoms with Crippen molar-refractivity contribution in [2.24, 2.45) is 0 Å². The van der Waals surface area contributed by atoms with Crippen LogP contribution in [0.25, 0.3) is 0 Å². The van der Waals surface area contributed by atoms with Gasteiger partial charge in [-0.2, -0.15) is 0 Å². The highest BCUT2D eigenvalue weighted by atomic mass is 16.4. The predicted molar refractivity (Wildman–Crippen MR) is 39.7 cm³/mol. The highest BCUT2D eigenvalue weighted by Gasteiger charge is 2.48. The highest BCUT2D eigenvalue weighted by Crippen LogP contribution is 2.50. The summed E-state index contributed by atoms with van der Waals surface area (Å²) in [5.74, 6) is -0.0613. The van der Waals surface area contributed by atoms with Crippen molar-refractivity contribution in [3.05, 3.63) is 18.4 Å². The zero-order valence-electron chi connectivity index (χ0n) is 6.49. The van der Waals surface area contributed by atoms with Gasteiger partial charge in [-0.1, -0.05) is 0 Å². The van der Waals surface area contributed by atoms with Gasteiger partial charge in [-0.05, 0) is 12.8 Å². The number of hydrogen-bond acceptors (Lipinski definition) is 3. The van der Waals surface area contributed by atoms with E-state index < -0.39 is 5.97 Å². The Morgan fingerprint density at radius 2 is 2.50 bits per heavy atom. The standard InChI is InChI=1S/C8H9NO3/c10-7(11)3-8(1-2-8)6-4-9-5-12-6/h4-5H,1-3H2,(H,10,11). The third kappa shape index (κ3) is 1.09. The Kier molecular flexibility index (Phi) is 1.43. The molecule has 1 aromatic heterocycles. The number of carbonyl (C=O) groups is 1. The van der Waals surface area contributed by atoms with E-state index in [1.54, 1.807) is 6.20 Å². The maximum Gasteiger partial charge on any atom is 0.304 e. The van der Waals surface area contributed by atoms with Crippen LogP contribution in [0.15, 0.2) is 17.0 Å². The predicted octanol–water partition coefficient (Wildman–Crippen LogP) is 1.18. The van der Waals surface area contributed by atoms with Gasteiger partial charge in [0.15, 0.2) is 6.39 Å². The van der Waals surface area contributed by atoms with E-state index in [0.29, 0.717) is 5.76 Å². The van der Waals surface area contributed by atoms with Gasteiger partial charge in [-0.25, -0.2) is 4.98 Å². The van der Waals surface area contributed by atoms with Crippen LogP contribution in [0.4, 0.5) is 0 Å². The summed E-state index contributed by atoms with van der Waals surface area (Å²) >= 11 is 0. The van der Waals surface area contributed by atoms with Crippen molar-refractivity contribution in [3.63, 3.8) is 0 Å². The van der Waals surface area contributed by atoms with Gasteiger partial charge < -0.3 is 9.52 Å². The molecular weight excluding hydrogens is 158 g/mol. The second-order valence-electron chi connectivity index (χ2n) is 3.22. The van der Waals surface area contributed by atoms with Gasteiger partial charge in [0.2, 0.25) is 0 Å². The van der Waals surface area contributed by atoms with Crippen molar-refractivity contribution < 1.29 is 14.3 Å². The number of oxazole rings is 1. The summed E-state index contributed by atoms with van der Waals surface area (Å²) < 4.78 is 5.09. The first-order valence-electron chi connectivity index (χ1n) is 3.84. The summed E-state index contributed by atoms with van der Waals surface area (Å²) in [5.41, 5.74) is -0.234. The Bertz CT molecular complexity index is 287. The maximum absolute atomic E-state index is 10.5. The molecule has 0 bridgehead atoms. The molecule has 1 heterocycles. The zero-order chi connectivity index (χ0) is 8.60. The highest BCUT2D eigenvalue weighted by molar-refractivity contribution is 5.69. The molecule has 1 saturated carbocycles. The van der Waals surface area contributed by atoms with Crippen molar-refractivity contribution in [2.45, 2.75) is 24.7 Å². The molecule has 1 aromatic rings. The van der Waals surface area contributed by atoms with E-state index in [9.17, 15) is 4.79 Å². The molecule has 4 heteroatoms. The maximum atomic E-state index is 10.5. The molecule has 0 amide bonds. The fraction of sp³-hybridized carbons (Fsp3) is 0.500. The van der Waals surface area contributed by atoms with Gasteiger partial charge in [0, 0.05) is 5.41 Å². The van der Waals surface area contributed by atoms with Crippen LogP contribution in [0.2, 0.25) is 0 Å². The van der Waals surface area contributed by atoms with Gasteiger partial charge in [0.05, 0.1) is 12.6 Å². The lowest BCUT2D eigenvalue weighted by Crippen LogP contribution is -2.11. The van der Waals surface area contributed by atoms with Gasteiger partial charge in [-0.15, -0.1) is 0 Å². The van der Waals surface area contributed by atoms with E-state index >= 15 is 0 Å². The lowest BCUT2D eigenvalue weighted by molar-refractivity contribution is -0.137. The van der Waals surface area contributed by atoms with E-state index in [2.05, 4.69) is 4.98 Å². The Balaban J connectivity index is 2.17. The first-order valence-corrected chi connectivity index (χ1v) is 3.84. The minimum Gasteiger partial charge on any atom is -0.481 e. The molecule has 1 aliphatic carbocycles. The number of carboxylic acids is 1. The average Bonchev–Trinajstić information content (AvgIpc) is 2.61. The molecule has 64 valence electrons. The van der Waals surface area contributed by atoms with Gasteiger partial charge in [-0.3, -0.25) is 4.79 Å².